The number of tetrazole rings is 1. The lowest BCUT2D eigenvalue weighted by Gasteiger charge is -2.40. The predicted molar refractivity (Wildman–Crippen MR) is 151 cm³/mol. The molecule has 2 aliphatic rings. The fraction of sp³-hybridized carbons (Fsp3) is 0.567. The number of aromatic amines is 1. The number of rotatable bonds is 8. The largest absolute Gasteiger partial charge is 0.328 e. The van der Waals surface area contributed by atoms with E-state index in [0.717, 1.165) is 48.9 Å². The third-order valence-corrected chi connectivity index (χ3v) is 8.59. The zero-order chi connectivity index (χ0) is 26.8. The molecule has 0 spiro atoms. The van der Waals surface area contributed by atoms with Gasteiger partial charge in [0.25, 0.3) is 0 Å². The summed E-state index contributed by atoms with van der Waals surface area (Å²) in [6.45, 7) is 9.76. The van der Waals surface area contributed by atoms with Crippen molar-refractivity contribution in [3.8, 4) is 11.4 Å². The SMILES string of the molecule is CCCCc1cn(C2CCCCC2C(C)(C)C)c(=O)n1CC1(c2cccc(-c3nn[nH]n3)c2)C=CN=CC1. The van der Waals surface area contributed by atoms with Crippen molar-refractivity contribution in [3.05, 3.63) is 64.5 Å². The second-order valence-electron chi connectivity index (χ2n) is 12.1. The Bertz CT molecular complexity index is 1340. The third kappa shape index (κ3) is 5.18. The number of hydrogen-bond acceptors (Lipinski definition) is 5. The van der Waals surface area contributed by atoms with Gasteiger partial charge < -0.3 is 0 Å². The minimum Gasteiger partial charge on any atom is -0.296 e. The number of allylic oxidation sites excluding steroid dienone is 1. The van der Waals surface area contributed by atoms with Gasteiger partial charge in [0.05, 0.1) is 0 Å². The number of aromatic nitrogens is 6. The quantitative estimate of drug-likeness (QED) is 0.406. The number of nitrogens with one attached hydrogen (secondary N) is 1. The van der Waals surface area contributed by atoms with E-state index in [9.17, 15) is 4.79 Å². The number of benzene rings is 1. The van der Waals surface area contributed by atoms with Gasteiger partial charge in [-0.1, -0.05) is 71.2 Å². The Balaban J connectivity index is 1.58. The highest BCUT2D eigenvalue weighted by atomic mass is 16.1. The zero-order valence-corrected chi connectivity index (χ0v) is 23.2. The van der Waals surface area contributed by atoms with Gasteiger partial charge in [-0.25, -0.2) is 4.79 Å². The molecule has 202 valence electrons. The molecule has 3 unspecified atom stereocenters. The molecule has 0 saturated heterocycles. The van der Waals surface area contributed by atoms with Crippen molar-refractivity contribution in [2.75, 3.05) is 0 Å². The van der Waals surface area contributed by atoms with Crippen LogP contribution in [0.25, 0.3) is 11.4 Å². The summed E-state index contributed by atoms with van der Waals surface area (Å²) in [7, 11) is 0. The summed E-state index contributed by atoms with van der Waals surface area (Å²) in [6.07, 6.45) is 16.7. The fourth-order valence-electron chi connectivity index (χ4n) is 6.45. The van der Waals surface area contributed by atoms with Gasteiger partial charge in [0, 0.05) is 47.9 Å². The molecule has 3 atom stereocenters. The predicted octanol–water partition coefficient (Wildman–Crippen LogP) is 5.88. The number of imidazole rings is 1. The first-order valence-electron chi connectivity index (χ1n) is 14.2. The highest BCUT2D eigenvalue weighted by Gasteiger charge is 2.38. The van der Waals surface area contributed by atoms with Gasteiger partial charge in [0.1, 0.15) is 0 Å². The standard InChI is InChI=1S/C30H41N7O/c1-5-6-12-24-20-36(26-14-8-7-13-25(26)29(2,3)4)28(38)37(24)21-30(15-17-31-18-16-30)23-11-9-10-22(19-23)27-32-34-35-33-27/h9-11,15,17-20,25-26H,5-8,12-14,16,21H2,1-4H3,(H,32,33,34,35). The molecule has 8 heteroatoms. The molecule has 2 aromatic heterocycles. The summed E-state index contributed by atoms with van der Waals surface area (Å²) >= 11 is 0. The van der Waals surface area contributed by atoms with Crippen molar-refractivity contribution >= 4 is 6.21 Å². The first kappa shape index (κ1) is 26.3. The van der Waals surface area contributed by atoms with E-state index in [0.29, 0.717) is 18.3 Å². The van der Waals surface area contributed by atoms with Crippen LogP contribution in [-0.4, -0.2) is 36.0 Å². The van der Waals surface area contributed by atoms with E-state index >= 15 is 0 Å². The molecule has 1 aromatic carbocycles. The molecular weight excluding hydrogens is 474 g/mol. The maximum absolute atomic E-state index is 14.3. The lowest BCUT2D eigenvalue weighted by Crippen LogP contribution is -2.40. The van der Waals surface area contributed by atoms with Crippen molar-refractivity contribution in [2.24, 2.45) is 16.3 Å². The summed E-state index contributed by atoms with van der Waals surface area (Å²) in [5.41, 5.74) is 3.05. The van der Waals surface area contributed by atoms with Crippen LogP contribution in [0, 0.1) is 11.3 Å². The maximum Gasteiger partial charge on any atom is 0.328 e. The Morgan fingerprint density at radius 2 is 2.03 bits per heavy atom. The number of aryl methyl sites for hydroxylation is 1. The van der Waals surface area contributed by atoms with E-state index in [1.54, 1.807) is 0 Å². The Morgan fingerprint density at radius 1 is 1.18 bits per heavy atom. The van der Waals surface area contributed by atoms with Crippen molar-refractivity contribution in [2.45, 2.75) is 97.1 Å². The normalized spacial score (nSPS) is 23.7. The van der Waals surface area contributed by atoms with Crippen LogP contribution in [0.3, 0.4) is 0 Å². The molecule has 0 radical (unpaired) electrons. The van der Waals surface area contributed by atoms with Crippen molar-refractivity contribution in [1.29, 1.82) is 0 Å². The van der Waals surface area contributed by atoms with Crippen LogP contribution in [0.5, 0.6) is 0 Å². The molecule has 1 saturated carbocycles. The summed E-state index contributed by atoms with van der Waals surface area (Å²) in [4.78, 5) is 18.6. The third-order valence-electron chi connectivity index (χ3n) is 8.59. The molecule has 0 bridgehead atoms. The smallest absolute Gasteiger partial charge is 0.296 e. The summed E-state index contributed by atoms with van der Waals surface area (Å²) in [5, 5.41) is 14.6. The monoisotopic (exact) mass is 515 g/mol. The molecule has 3 aromatic rings. The average molecular weight is 516 g/mol. The summed E-state index contributed by atoms with van der Waals surface area (Å²) in [5.74, 6) is 1.05. The number of aliphatic imine (C=N–C) groups is 1. The van der Waals surface area contributed by atoms with E-state index in [1.807, 2.05) is 24.5 Å². The van der Waals surface area contributed by atoms with E-state index in [2.05, 4.69) is 86.9 Å². The molecule has 1 aliphatic heterocycles. The first-order chi connectivity index (χ1) is 18.3. The van der Waals surface area contributed by atoms with Crippen LogP contribution in [0.2, 0.25) is 0 Å². The average Bonchev–Trinajstić information content (AvgIpc) is 3.57. The van der Waals surface area contributed by atoms with Gasteiger partial charge in [0.15, 0.2) is 0 Å². The van der Waals surface area contributed by atoms with E-state index in [1.165, 1.54) is 19.3 Å². The Kier molecular flexibility index (Phi) is 7.50. The van der Waals surface area contributed by atoms with Crippen LogP contribution >= 0.6 is 0 Å². The second kappa shape index (κ2) is 10.8. The molecule has 1 aliphatic carbocycles. The topological polar surface area (TPSA) is 93.8 Å². The first-order valence-corrected chi connectivity index (χ1v) is 14.2. The van der Waals surface area contributed by atoms with Crippen LogP contribution in [0.1, 0.15) is 89.9 Å². The van der Waals surface area contributed by atoms with Gasteiger partial charge in [-0.05, 0) is 60.3 Å². The van der Waals surface area contributed by atoms with Gasteiger partial charge in [0.2, 0.25) is 5.82 Å². The Hall–Kier alpha value is -3.29. The fourth-order valence-corrected chi connectivity index (χ4v) is 6.45. The van der Waals surface area contributed by atoms with Crippen molar-refractivity contribution in [3.63, 3.8) is 0 Å². The van der Waals surface area contributed by atoms with Crippen LogP contribution in [0.4, 0.5) is 0 Å². The van der Waals surface area contributed by atoms with Gasteiger partial charge >= 0.3 is 5.69 Å². The van der Waals surface area contributed by atoms with Crippen LogP contribution < -0.4 is 5.69 Å². The molecular formula is C30H41N7O. The van der Waals surface area contributed by atoms with Crippen LogP contribution in [-0.2, 0) is 18.4 Å². The maximum atomic E-state index is 14.3. The van der Waals surface area contributed by atoms with Crippen LogP contribution in [0.15, 0.2) is 52.5 Å². The van der Waals surface area contributed by atoms with Crippen molar-refractivity contribution < 1.29 is 0 Å². The lowest BCUT2D eigenvalue weighted by molar-refractivity contribution is 0.110. The molecule has 0 amide bonds. The van der Waals surface area contributed by atoms with Gasteiger partial charge in [-0.3, -0.25) is 14.1 Å². The van der Waals surface area contributed by atoms with Gasteiger partial charge in [-0.2, -0.15) is 5.21 Å². The Morgan fingerprint density at radius 3 is 2.74 bits per heavy atom. The van der Waals surface area contributed by atoms with E-state index in [4.69, 9.17) is 0 Å². The molecule has 38 heavy (non-hydrogen) atoms. The molecule has 3 heterocycles. The minimum atomic E-state index is -0.394. The molecule has 1 N–H and O–H groups in total. The zero-order valence-electron chi connectivity index (χ0n) is 23.2. The number of H-pyrrole nitrogens is 1. The molecule has 1 fully saturated rings. The second-order valence-corrected chi connectivity index (χ2v) is 12.1. The number of nitrogens with zero attached hydrogens (tertiary/aromatic N) is 6. The Labute approximate surface area is 225 Å². The molecule has 5 rings (SSSR count). The minimum absolute atomic E-state index is 0.127. The van der Waals surface area contributed by atoms with E-state index < -0.39 is 5.41 Å². The van der Waals surface area contributed by atoms with Gasteiger partial charge in [-0.15, -0.1) is 10.2 Å². The highest BCUT2D eigenvalue weighted by Crippen LogP contribution is 2.44. The van der Waals surface area contributed by atoms with Crippen molar-refractivity contribution in [1.82, 2.24) is 29.8 Å². The highest BCUT2D eigenvalue weighted by molar-refractivity contribution is 5.65. The van der Waals surface area contributed by atoms with E-state index in [-0.39, 0.29) is 17.1 Å². The number of hydrogen-bond donors (Lipinski definition) is 1. The summed E-state index contributed by atoms with van der Waals surface area (Å²) in [6, 6.07) is 8.54. The summed E-state index contributed by atoms with van der Waals surface area (Å²) < 4.78 is 4.17. The molecule has 8 nitrogen and oxygen atoms in total. The number of unbranched alkanes of at least 4 members (excludes halogenated alkanes) is 1. The lowest BCUT2D eigenvalue weighted by atomic mass is 9.69.